The van der Waals surface area contributed by atoms with E-state index in [1.165, 1.54) is 6.07 Å². The zero-order valence-corrected chi connectivity index (χ0v) is 9.30. The first kappa shape index (κ1) is 10.4. The molecule has 70 valence electrons. The highest BCUT2D eigenvalue weighted by atomic mass is 79.9. The number of rotatable bonds is 1. The van der Waals surface area contributed by atoms with Crippen molar-refractivity contribution in [2.45, 2.75) is 0 Å². The molecule has 1 aromatic carbocycles. The smallest absolute Gasteiger partial charge is 0.170 e. The first-order valence-electron chi connectivity index (χ1n) is 3.57. The van der Waals surface area contributed by atoms with Crippen molar-refractivity contribution in [2.75, 3.05) is 12.4 Å². The Kier molecular flexibility index (Phi) is 3.62. The van der Waals surface area contributed by atoms with Crippen LogP contribution in [0.1, 0.15) is 0 Å². The molecule has 0 aliphatic heterocycles. The minimum atomic E-state index is -0.333. The molecule has 0 saturated heterocycles. The van der Waals surface area contributed by atoms with E-state index in [1.54, 1.807) is 19.2 Å². The SMILES string of the molecule is CNC(=S)Nc1cc(Br)ccc1F. The summed E-state index contributed by atoms with van der Waals surface area (Å²) in [4.78, 5) is 0. The van der Waals surface area contributed by atoms with E-state index in [0.717, 1.165) is 4.47 Å². The summed E-state index contributed by atoms with van der Waals surface area (Å²) in [6.07, 6.45) is 0. The standard InChI is InChI=1S/C8H8BrFN2S/c1-11-8(13)12-7-4-5(9)2-3-6(7)10/h2-4H,1H3,(H2,11,12,13). The predicted octanol–water partition coefficient (Wildman–Crippen LogP) is 2.50. The van der Waals surface area contributed by atoms with Crippen molar-refractivity contribution in [3.63, 3.8) is 0 Å². The zero-order valence-electron chi connectivity index (χ0n) is 6.90. The molecular formula is C8H8BrFN2S. The van der Waals surface area contributed by atoms with Gasteiger partial charge in [-0.25, -0.2) is 4.39 Å². The van der Waals surface area contributed by atoms with E-state index >= 15 is 0 Å². The number of benzene rings is 1. The first-order valence-corrected chi connectivity index (χ1v) is 4.77. The molecule has 0 fully saturated rings. The van der Waals surface area contributed by atoms with E-state index in [9.17, 15) is 4.39 Å². The molecule has 0 radical (unpaired) electrons. The van der Waals surface area contributed by atoms with Gasteiger partial charge in [-0.3, -0.25) is 0 Å². The lowest BCUT2D eigenvalue weighted by Crippen LogP contribution is -2.24. The second-order valence-corrected chi connectivity index (χ2v) is 3.65. The van der Waals surface area contributed by atoms with Crippen LogP contribution in [0.25, 0.3) is 0 Å². The zero-order chi connectivity index (χ0) is 9.84. The van der Waals surface area contributed by atoms with Gasteiger partial charge in [-0.2, -0.15) is 0 Å². The van der Waals surface area contributed by atoms with E-state index in [1.807, 2.05) is 0 Å². The minimum absolute atomic E-state index is 0.333. The van der Waals surface area contributed by atoms with Crippen LogP contribution >= 0.6 is 28.1 Å². The molecule has 0 spiro atoms. The van der Waals surface area contributed by atoms with Gasteiger partial charge < -0.3 is 10.6 Å². The van der Waals surface area contributed by atoms with Crippen LogP contribution in [0.3, 0.4) is 0 Å². The number of hydrogen-bond donors (Lipinski definition) is 2. The molecule has 0 saturated carbocycles. The normalized spacial score (nSPS) is 9.46. The van der Waals surface area contributed by atoms with E-state index in [2.05, 4.69) is 26.6 Å². The van der Waals surface area contributed by atoms with Gasteiger partial charge >= 0.3 is 0 Å². The van der Waals surface area contributed by atoms with Gasteiger partial charge in [0, 0.05) is 11.5 Å². The molecule has 0 aromatic heterocycles. The van der Waals surface area contributed by atoms with Crippen LogP contribution in [0.5, 0.6) is 0 Å². The van der Waals surface area contributed by atoms with Crippen LogP contribution in [0, 0.1) is 5.82 Å². The van der Waals surface area contributed by atoms with Gasteiger partial charge in [-0.1, -0.05) is 15.9 Å². The molecule has 13 heavy (non-hydrogen) atoms. The Morgan fingerprint density at radius 3 is 2.85 bits per heavy atom. The second-order valence-electron chi connectivity index (χ2n) is 2.33. The summed E-state index contributed by atoms with van der Waals surface area (Å²) in [5.41, 5.74) is 0.355. The third kappa shape index (κ3) is 2.93. The van der Waals surface area contributed by atoms with E-state index < -0.39 is 0 Å². The lowest BCUT2D eigenvalue weighted by molar-refractivity contribution is 0.632. The monoisotopic (exact) mass is 262 g/mol. The average molecular weight is 263 g/mol. The summed E-state index contributed by atoms with van der Waals surface area (Å²) in [7, 11) is 1.67. The van der Waals surface area contributed by atoms with E-state index in [4.69, 9.17) is 12.2 Å². The Morgan fingerprint density at radius 2 is 2.23 bits per heavy atom. The number of halogens is 2. The average Bonchev–Trinajstić information content (AvgIpc) is 2.11. The second kappa shape index (κ2) is 4.53. The number of thiocarbonyl (C=S) groups is 1. The fraction of sp³-hybridized carbons (Fsp3) is 0.125. The Labute approximate surface area is 89.7 Å². The van der Waals surface area contributed by atoms with Gasteiger partial charge in [0.05, 0.1) is 5.69 Å². The summed E-state index contributed by atoms with van der Waals surface area (Å²) >= 11 is 8.07. The molecule has 2 N–H and O–H groups in total. The van der Waals surface area contributed by atoms with Crippen molar-refractivity contribution < 1.29 is 4.39 Å². The topological polar surface area (TPSA) is 24.1 Å². The molecule has 0 aliphatic carbocycles. The molecule has 2 nitrogen and oxygen atoms in total. The third-order valence-electron chi connectivity index (χ3n) is 1.40. The van der Waals surface area contributed by atoms with E-state index in [0.29, 0.717) is 10.8 Å². The lowest BCUT2D eigenvalue weighted by atomic mass is 10.3. The van der Waals surface area contributed by atoms with Crippen molar-refractivity contribution >= 4 is 38.9 Å². The van der Waals surface area contributed by atoms with Crippen LogP contribution in [-0.4, -0.2) is 12.2 Å². The van der Waals surface area contributed by atoms with Gasteiger partial charge in [0.25, 0.3) is 0 Å². The maximum absolute atomic E-state index is 13.1. The quantitative estimate of drug-likeness (QED) is 0.761. The Hall–Kier alpha value is -0.680. The Bertz CT molecular complexity index is 330. The van der Waals surface area contributed by atoms with Crippen molar-refractivity contribution in [1.29, 1.82) is 0 Å². The molecule has 0 amide bonds. The molecule has 0 heterocycles. The van der Waals surface area contributed by atoms with Crippen molar-refractivity contribution in [2.24, 2.45) is 0 Å². The highest BCUT2D eigenvalue weighted by molar-refractivity contribution is 9.10. The van der Waals surface area contributed by atoms with Crippen LogP contribution in [-0.2, 0) is 0 Å². The fourth-order valence-electron chi connectivity index (χ4n) is 0.778. The van der Waals surface area contributed by atoms with Gasteiger partial charge in [0.15, 0.2) is 5.11 Å². The molecule has 1 rings (SSSR count). The van der Waals surface area contributed by atoms with Crippen LogP contribution in [0.4, 0.5) is 10.1 Å². The lowest BCUT2D eigenvalue weighted by Gasteiger charge is -2.07. The van der Waals surface area contributed by atoms with Gasteiger partial charge in [0.1, 0.15) is 5.82 Å². The molecule has 0 bridgehead atoms. The molecule has 5 heteroatoms. The highest BCUT2D eigenvalue weighted by Crippen LogP contribution is 2.19. The molecule has 1 aromatic rings. The van der Waals surface area contributed by atoms with Crippen molar-refractivity contribution in [1.82, 2.24) is 5.32 Å². The minimum Gasteiger partial charge on any atom is -0.366 e. The summed E-state index contributed by atoms with van der Waals surface area (Å²) in [5, 5.41) is 5.80. The molecule has 0 unspecified atom stereocenters. The largest absolute Gasteiger partial charge is 0.366 e. The van der Waals surface area contributed by atoms with Crippen LogP contribution < -0.4 is 10.6 Å². The number of anilines is 1. The molecule has 0 atom stereocenters. The summed E-state index contributed by atoms with van der Waals surface area (Å²) in [6, 6.07) is 4.62. The third-order valence-corrected chi connectivity index (χ3v) is 2.20. The summed E-state index contributed by atoms with van der Waals surface area (Å²) in [5.74, 6) is -0.333. The number of nitrogens with one attached hydrogen (secondary N) is 2. The Balaban J connectivity index is 2.87. The Morgan fingerprint density at radius 1 is 1.54 bits per heavy atom. The molecule has 0 aliphatic rings. The fourth-order valence-corrected chi connectivity index (χ4v) is 1.25. The van der Waals surface area contributed by atoms with Gasteiger partial charge in [-0.15, -0.1) is 0 Å². The van der Waals surface area contributed by atoms with E-state index in [-0.39, 0.29) is 5.82 Å². The summed E-state index contributed by atoms with van der Waals surface area (Å²) < 4.78 is 13.9. The van der Waals surface area contributed by atoms with Crippen LogP contribution in [0.15, 0.2) is 22.7 Å². The molecular weight excluding hydrogens is 255 g/mol. The first-order chi connectivity index (χ1) is 6.13. The predicted molar refractivity (Wildman–Crippen MR) is 59.4 cm³/mol. The maximum atomic E-state index is 13.1. The maximum Gasteiger partial charge on any atom is 0.170 e. The highest BCUT2D eigenvalue weighted by Gasteiger charge is 2.02. The van der Waals surface area contributed by atoms with Crippen molar-refractivity contribution in [3.05, 3.63) is 28.5 Å². The number of hydrogen-bond acceptors (Lipinski definition) is 1. The summed E-state index contributed by atoms with van der Waals surface area (Å²) in [6.45, 7) is 0. The van der Waals surface area contributed by atoms with Gasteiger partial charge in [0.2, 0.25) is 0 Å². The van der Waals surface area contributed by atoms with Gasteiger partial charge in [-0.05, 0) is 30.4 Å². The van der Waals surface area contributed by atoms with Crippen LogP contribution in [0.2, 0.25) is 0 Å². The van der Waals surface area contributed by atoms with Crippen molar-refractivity contribution in [3.8, 4) is 0 Å².